The number of rotatable bonds is 6. The number of hydrogen-bond acceptors (Lipinski definition) is 3. The van der Waals surface area contributed by atoms with Gasteiger partial charge in [0.1, 0.15) is 12.4 Å². The molecule has 0 atom stereocenters. The highest BCUT2D eigenvalue weighted by atomic mass is 35.5. The number of fused-ring (bicyclic) bond motifs is 1. The zero-order valence-corrected chi connectivity index (χ0v) is 17.7. The molecule has 162 valence electrons. The van der Waals surface area contributed by atoms with Gasteiger partial charge in [0.15, 0.2) is 0 Å². The predicted octanol–water partition coefficient (Wildman–Crippen LogP) is 3.32. The second-order valence-electron chi connectivity index (χ2n) is 7.31. The van der Waals surface area contributed by atoms with Crippen molar-refractivity contribution in [3.05, 3.63) is 116 Å². The molecule has 32 heavy (non-hydrogen) atoms. The summed E-state index contributed by atoms with van der Waals surface area (Å²) in [6.45, 7) is -0.0102. The van der Waals surface area contributed by atoms with E-state index in [1.54, 1.807) is 48.5 Å². The van der Waals surface area contributed by atoms with Gasteiger partial charge in [-0.05, 0) is 47.5 Å². The van der Waals surface area contributed by atoms with E-state index in [0.29, 0.717) is 21.5 Å². The van der Waals surface area contributed by atoms with Crippen LogP contribution in [-0.2, 0) is 24.4 Å². The van der Waals surface area contributed by atoms with Gasteiger partial charge in [-0.3, -0.25) is 18.7 Å². The summed E-state index contributed by atoms with van der Waals surface area (Å²) in [7, 11) is 0. The van der Waals surface area contributed by atoms with Crippen LogP contribution in [0.25, 0.3) is 10.9 Å². The second kappa shape index (κ2) is 9.20. The lowest BCUT2D eigenvalue weighted by Gasteiger charge is -2.14. The molecule has 0 aliphatic carbocycles. The van der Waals surface area contributed by atoms with Crippen molar-refractivity contribution in [3.63, 3.8) is 0 Å². The number of aromatic nitrogens is 2. The molecule has 4 aromatic rings. The fraction of sp³-hybridized carbons (Fsp3) is 0.125. The van der Waals surface area contributed by atoms with Crippen molar-refractivity contribution in [3.8, 4) is 0 Å². The van der Waals surface area contributed by atoms with Gasteiger partial charge in [0.25, 0.3) is 5.56 Å². The lowest BCUT2D eigenvalue weighted by molar-refractivity contribution is -0.121. The summed E-state index contributed by atoms with van der Waals surface area (Å²) in [5.41, 5.74) is 0.757. The molecule has 8 heteroatoms. The van der Waals surface area contributed by atoms with E-state index >= 15 is 0 Å². The van der Waals surface area contributed by atoms with Gasteiger partial charge in [0.05, 0.1) is 17.4 Å². The number of benzene rings is 3. The van der Waals surface area contributed by atoms with Crippen LogP contribution in [0.4, 0.5) is 4.39 Å². The lowest BCUT2D eigenvalue weighted by Crippen LogP contribution is -2.42. The fourth-order valence-electron chi connectivity index (χ4n) is 3.44. The maximum absolute atomic E-state index is 13.2. The van der Waals surface area contributed by atoms with E-state index in [-0.39, 0.29) is 25.5 Å². The van der Waals surface area contributed by atoms with Crippen LogP contribution < -0.4 is 16.6 Å². The minimum absolute atomic E-state index is 0.0326. The molecule has 0 aliphatic rings. The van der Waals surface area contributed by atoms with Gasteiger partial charge in [-0.2, -0.15) is 0 Å². The Balaban J connectivity index is 1.66. The predicted molar refractivity (Wildman–Crippen MR) is 121 cm³/mol. The first-order valence-electron chi connectivity index (χ1n) is 9.90. The largest absolute Gasteiger partial charge is 0.350 e. The van der Waals surface area contributed by atoms with Crippen molar-refractivity contribution in [2.24, 2.45) is 0 Å². The molecule has 0 fully saturated rings. The molecule has 6 nitrogen and oxygen atoms in total. The molecule has 0 saturated carbocycles. The first kappa shape index (κ1) is 21.5. The Labute approximate surface area is 187 Å². The van der Waals surface area contributed by atoms with E-state index in [1.807, 2.05) is 0 Å². The Morgan fingerprint density at radius 3 is 2.25 bits per heavy atom. The van der Waals surface area contributed by atoms with Crippen molar-refractivity contribution in [2.75, 3.05) is 0 Å². The van der Waals surface area contributed by atoms with Crippen LogP contribution >= 0.6 is 11.6 Å². The molecule has 0 unspecified atom stereocenters. The van der Waals surface area contributed by atoms with E-state index in [9.17, 15) is 18.8 Å². The number of nitrogens with zero attached hydrogens (tertiary/aromatic N) is 2. The molecule has 1 N–H and O–H groups in total. The van der Waals surface area contributed by atoms with Crippen LogP contribution in [0.1, 0.15) is 11.1 Å². The van der Waals surface area contributed by atoms with Gasteiger partial charge in [0.2, 0.25) is 5.91 Å². The van der Waals surface area contributed by atoms with Crippen LogP contribution in [0.3, 0.4) is 0 Å². The number of carbonyl (C=O) groups excluding carboxylic acids is 1. The number of nitrogens with one attached hydrogen (secondary N) is 1. The first-order valence-corrected chi connectivity index (χ1v) is 10.3. The maximum Gasteiger partial charge on any atom is 0.332 e. The molecule has 1 heterocycles. The summed E-state index contributed by atoms with van der Waals surface area (Å²) < 4.78 is 15.6. The van der Waals surface area contributed by atoms with Gasteiger partial charge in [-0.15, -0.1) is 0 Å². The highest BCUT2D eigenvalue weighted by molar-refractivity contribution is 6.30. The van der Waals surface area contributed by atoms with E-state index in [1.165, 1.54) is 28.8 Å². The van der Waals surface area contributed by atoms with Crippen LogP contribution in [0, 0.1) is 5.82 Å². The Bertz CT molecular complexity index is 1390. The van der Waals surface area contributed by atoms with Gasteiger partial charge in [-0.1, -0.05) is 48.0 Å². The number of amides is 1. The molecule has 0 bridgehead atoms. The zero-order chi connectivity index (χ0) is 22.7. The lowest BCUT2D eigenvalue weighted by atomic mass is 10.2. The van der Waals surface area contributed by atoms with E-state index < -0.39 is 17.1 Å². The molecule has 3 aromatic carbocycles. The summed E-state index contributed by atoms with van der Waals surface area (Å²) in [4.78, 5) is 38.8. The Hall–Kier alpha value is -3.71. The van der Waals surface area contributed by atoms with Crippen molar-refractivity contribution in [2.45, 2.75) is 19.6 Å². The molecule has 1 amide bonds. The third kappa shape index (κ3) is 4.63. The average molecular weight is 452 g/mol. The summed E-state index contributed by atoms with van der Waals surface area (Å²) >= 11 is 5.88. The average Bonchev–Trinajstić information content (AvgIpc) is 2.80. The maximum atomic E-state index is 13.2. The van der Waals surface area contributed by atoms with Crippen LogP contribution in [0.2, 0.25) is 5.02 Å². The Morgan fingerprint density at radius 2 is 1.53 bits per heavy atom. The van der Waals surface area contributed by atoms with E-state index in [0.717, 1.165) is 10.1 Å². The molecule has 0 saturated heterocycles. The molecular weight excluding hydrogens is 433 g/mol. The normalized spacial score (nSPS) is 10.9. The molecule has 0 aliphatic heterocycles. The SMILES string of the molecule is O=C(Cn1c(=O)n(Cc2ccc(F)cc2)c(=O)c2ccccc21)NCc1ccc(Cl)cc1. The second-order valence-corrected chi connectivity index (χ2v) is 7.74. The topological polar surface area (TPSA) is 73.1 Å². The summed E-state index contributed by atoms with van der Waals surface area (Å²) in [5.74, 6) is -0.784. The summed E-state index contributed by atoms with van der Waals surface area (Å²) in [6.07, 6.45) is 0. The quantitative estimate of drug-likeness (QED) is 0.489. The third-order valence-electron chi connectivity index (χ3n) is 5.09. The number of hydrogen-bond donors (Lipinski definition) is 1. The summed E-state index contributed by atoms with van der Waals surface area (Å²) in [5, 5.41) is 3.70. The highest BCUT2D eigenvalue weighted by Gasteiger charge is 2.15. The molecule has 0 spiro atoms. The molecule has 1 aromatic heterocycles. The van der Waals surface area contributed by atoms with Crippen LogP contribution in [0.5, 0.6) is 0 Å². The standard InChI is InChI=1S/C24H19ClFN3O3/c25-18-9-5-16(6-10-18)13-27-22(30)15-28-21-4-2-1-3-20(21)23(31)29(24(28)32)14-17-7-11-19(26)12-8-17/h1-12H,13-15H2,(H,27,30). The molecule has 0 radical (unpaired) electrons. The highest BCUT2D eigenvalue weighted by Crippen LogP contribution is 2.11. The third-order valence-corrected chi connectivity index (χ3v) is 5.34. The molecule has 4 rings (SSSR count). The minimum atomic E-state index is -0.611. The van der Waals surface area contributed by atoms with Gasteiger partial charge >= 0.3 is 5.69 Å². The first-order chi connectivity index (χ1) is 15.4. The Morgan fingerprint density at radius 1 is 0.875 bits per heavy atom. The molecular formula is C24H19ClFN3O3. The number of carbonyl (C=O) groups is 1. The van der Waals surface area contributed by atoms with Crippen molar-refractivity contribution < 1.29 is 9.18 Å². The number of halogens is 2. The monoisotopic (exact) mass is 451 g/mol. The fourth-order valence-corrected chi connectivity index (χ4v) is 3.56. The van der Waals surface area contributed by atoms with E-state index in [2.05, 4.69) is 5.32 Å². The van der Waals surface area contributed by atoms with Gasteiger partial charge < -0.3 is 5.32 Å². The number of para-hydroxylation sites is 1. The summed E-state index contributed by atoms with van der Waals surface area (Å²) in [6, 6.07) is 19.3. The Kier molecular flexibility index (Phi) is 6.18. The van der Waals surface area contributed by atoms with Crippen molar-refractivity contribution >= 4 is 28.4 Å². The van der Waals surface area contributed by atoms with Crippen LogP contribution in [0.15, 0.2) is 82.4 Å². The van der Waals surface area contributed by atoms with E-state index in [4.69, 9.17) is 11.6 Å². The smallest absolute Gasteiger partial charge is 0.332 e. The zero-order valence-electron chi connectivity index (χ0n) is 16.9. The minimum Gasteiger partial charge on any atom is -0.350 e. The van der Waals surface area contributed by atoms with Crippen molar-refractivity contribution in [1.82, 2.24) is 14.5 Å². The van der Waals surface area contributed by atoms with Crippen molar-refractivity contribution in [1.29, 1.82) is 0 Å². The van der Waals surface area contributed by atoms with Gasteiger partial charge in [-0.25, -0.2) is 9.18 Å². The van der Waals surface area contributed by atoms with Crippen LogP contribution in [-0.4, -0.2) is 15.0 Å². The van der Waals surface area contributed by atoms with Gasteiger partial charge in [0, 0.05) is 11.6 Å².